The lowest BCUT2D eigenvalue weighted by atomic mass is 10.00. The minimum atomic E-state index is 0.0696. The zero-order valence-electron chi connectivity index (χ0n) is 15.1. The molecule has 0 N–H and O–H groups in total. The van der Waals surface area contributed by atoms with Crippen LogP contribution in [-0.4, -0.2) is 41.2 Å². The van der Waals surface area contributed by atoms with Gasteiger partial charge in [-0.2, -0.15) is 0 Å². The second-order valence-electron chi connectivity index (χ2n) is 7.40. The summed E-state index contributed by atoms with van der Waals surface area (Å²) in [6.45, 7) is 5.26. The summed E-state index contributed by atoms with van der Waals surface area (Å²) in [6.07, 6.45) is 3.14. The number of rotatable bonds is 2. The van der Waals surface area contributed by atoms with Crippen molar-refractivity contribution >= 4 is 23.2 Å². The van der Waals surface area contributed by atoms with Crippen LogP contribution in [0.25, 0.3) is 0 Å². The molecule has 0 radical (unpaired) electrons. The molecule has 1 saturated heterocycles. The molecule has 2 aliphatic heterocycles. The van der Waals surface area contributed by atoms with Crippen LogP contribution in [0.15, 0.2) is 36.4 Å². The number of likely N-dealkylation sites (tertiary alicyclic amines) is 1. The van der Waals surface area contributed by atoms with Crippen LogP contribution in [0.5, 0.6) is 0 Å². The third-order valence-electron chi connectivity index (χ3n) is 5.33. The Balaban J connectivity index is 1.49. The van der Waals surface area contributed by atoms with Crippen LogP contribution in [0.2, 0.25) is 0 Å². The number of hydrogen-bond acceptors (Lipinski definition) is 3. The van der Waals surface area contributed by atoms with Crippen LogP contribution in [0.3, 0.4) is 0 Å². The zero-order chi connectivity index (χ0) is 18.1. The summed E-state index contributed by atoms with van der Waals surface area (Å²) < 4.78 is 0. The van der Waals surface area contributed by atoms with E-state index >= 15 is 0 Å². The largest absolute Gasteiger partial charge is 0.338 e. The first-order chi connectivity index (χ1) is 12.6. The van der Waals surface area contributed by atoms with Gasteiger partial charge in [-0.25, -0.2) is 0 Å². The number of carbonyl (C=O) groups excluding carboxylic acids is 2. The summed E-state index contributed by atoms with van der Waals surface area (Å²) in [6, 6.07) is 11.4. The van der Waals surface area contributed by atoms with Crippen molar-refractivity contribution in [3.05, 3.63) is 57.3 Å². The Labute approximate surface area is 158 Å². The van der Waals surface area contributed by atoms with Crippen LogP contribution in [0.4, 0.5) is 0 Å². The van der Waals surface area contributed by atoms with Crippen LogP contribution in [-0.2, 0) is 13.0 Å². The SMILES string of the molecule is C[C@H]1CCCN(C(=O)c2cc3c(s2)CCN(C(=O)c2ccccc2)C3)C1. The molecule has 0 unspecified atom stereocenters. The summed E-state index contributed by atoms with van der Waals surface area (Å²) >= 11 is 1.62. The van der Waals surface area contributed by atoms with Gasteiger partial charge in [-0.3, -0.25) is 9.59 Å². The van der Waals surface area contributed by atoms with Gasteiger partial charge in [0.05, 0.1) is 4.88 Å². The molecule has 2 amide bonds. The van der Waals surface area contributed by atoms with Crippen molar-refractivity contribution in [1.82, 2.24) is 9.80 Å². The molecule has 26 heavy (non-hydrogen) atoms. The van der Waals surface area contributed by atoms with E-state index in [9.17, 15) is 9.59 Å². The molecule has 4 rings (SSSR count). The number of carbonyl (C=O) groups is 2. The minimum absolute atomic E-state index is 0.0696. The number of thiophene rings is 1. The second kappa shape index (κ2) is 7.23. The number of hydrogen-bond donors (Lipinski definition) is 0. The van der Waals surface area contributed by atoms with Gasteiger partial charge in [0.25, 0.3) is 11.8 Å². The van der Waals surface area contributed by atoms with Crippen molar-refractivity contribution in [3.63, 3.8) is 0 Å². The van der Waals surface area contributed by atoms with Crippen molar-refractivity contribution in [1.29, 1.82) is 0 Å². The smallest absolute Gasteiger partial charge is 0.263 e. The first-order valence-corrected chi connectivity index (χ1v) is 10.2. The van der Waals surface area contributed by atoms with Crippen molar-refractivity contribution in [3.8, 4) is 0 Å². The van der Waals surface area contributed by atoms with Crippen molar-refractivity contribution in [2.45, 2.75) is 32.7 Å². The molecule has 0 saturated carbocycles. The fraction of sp³-hybridized carbons (Fsp3) is 0.429. The van der Waals surface area contributed by atoms with E-state index in [1.807, 2.05) is 46.2 Å². The second-order valence-corrected chi connectivity index (χ2v) is 8.54. The van der Waals surface area contributed by atoms with E-state index in [-0.39, 0.29) is 11.8 Å². The highest BCUT2D eigenvalue weighted by Crippen LogP contribution is 2.30. The average molecular weight is 369 g/mol. The molecule has 5 heteroatoms. The minimum Gasteiger partial charge on any atom is -0.338 e. The molecule has 4 nitrogen and oxygen atoms in total. The lowest BCUT2D eigenvalue weighted by Gasteiger charge is -2.30. The van der Waals surface area contributed by atoms with E-state index in [4.69, 9.17) is 0 Å². The first-order valence-electron chi connectivity index (χ1n) is 9.37. The molecule has 1 fully saturated rings. The van der Waals surface area contributed by atoms with Gasteiger partial charge in [0.15, 0.2) is 0 Å². The van der Waals surface area contributed by atoms with E-state index in [1.165, 1.54) is 11.3 Å². The van der Waals surface area contributed by atoms with Crippen LogP contribution in [0, 0.1) is 5.92 Å². The molecule has 1 aromatic carbocycles. The van der Waals surface area contributed by atoms with Crippen molar-refractivity contribution in [2.75, 3.05) is 19.6 Å². The third kappa shape index (κ3) is 3.40. The lowest BCUT2D eigenvalue weighted by Crippen LogP contribution is -2.38. The van der Waals surface area contributed by atoms with Gasteiger partial charge in [0.1, 0.15) is 0 Å². The number of amides is 2. The highest BCUT2D eigenvalue weighted by molar-refractivity contribution is 7.14. The van der Waals surface area contributed by atoms with Gasteiger partial charge < -0.3 is 9.80 Å². The van der Waals surface area contributed by atoms with E-state index in [1.54, 1.807) is 11.3 Å². The Morgan fingerprint density at radius 1 is 1.08 bits per heavy atom. The summed E-state index contributed by atoms with van der Waals surface area (Å²) in [5.74, 6) is 0.818. The van der Waals surface area contributed by atoms with E-state index in [2.05, 4.69) is 6.92 Å². The number of benzene rings is 1. The quantitative estimate of drug-likeness (QED) is 0.809. The first kappa shape index (κ1) is 17.3. The molecule has 136 valence electrons. The molecule has 3 heterocycles. The molecule has 2 aromatic rings. The highest BCUT2D eigenvalue weighted by Gasteiger charge is 2.28. The lowest BCUT2D eigenvalue weighted by molar-refractivity contribution is 0.0687. The van der Waals surface area contributed by atoms with Gasteiger partial charge >= 0.3 is 0 Å². The summed E-state index contributed by atoms with van der Waals surface area (Å²) in [5.41, 5.74) is 1.86. The molecule has 1 atom stereocenters. The predicted molar refractivity (Wildman–Crippen MR) is 104 cm³/mol. The van der Waals surface area contributed by atoms with Gasteiger partial charge in [-0.1, -0.05) is 25.1 Å². The van der Waals surface area contributed by atoms with Crippen LogP contribution in [0.1, 0.15) is 50.2 Å². The molecule has 0 aliphatic carbocycles. The summed E-state index contributed by atoms with van der Waals surface area (Å²) in [5, 5.41) is 0. The van der Waals surface area contributed by atoms with Crippen LogP contribution < -0.4 is 0 Å². The summed E-state index contributed by atoms with van der Waals surface area (Å²) in [7, 11) is 0. The Hall–Kier alpha value is -2.14. The Bertz CT molecular complexity index is 815. The third-order valence-corrected chi connectivity index (χ3v) is 6.55. The zero-order valence-corrected chi connectivity index (χ0v) is 15.9. The predicted octanol–water partition coefficient (Wildman–Crippen LogP) is 3.82. The van der Waals surface area contributed by atoms with E-state index < -0.39 is 0 Å². The van der Waals surface area contributed by atoms with Gasteiger partial charge in [-0.15, -0.1) is 11.3 Å². The number of fused-ring (bicyclic) bond motifs is 1. The molecule has 0 bridgehead atoms. The van der Waals surface area contributed by atoms with Crippen LogP contribution >= 0.6 is 11.3 Å². The fourth-order valence-electron chi connectivity index (χ4n) is 3.90. The molecule has 2 aliphatic rings. The van der Waals surface area contributed by atoms with Gasteiger partial charge in [0.2, 0.25) is 0 Å². The molecular formula is C21H24N2O2S. The van der Waals surface area contributed by atoms with E-state index in [0.29, 0.717) is 12.5 Å². The maximum atomic E-state index is 12.9. The van der Waals surface area contributed by atoms with Crippen molar-refractivity contribution in [2.24, 2.45) is 5.92 Å². The summed E-state index contributed by atoms with van der Waals surface area (Å²) in [4.78, 5) is 31.5. The monoisotopic (exact) mass is 368 g/mol. The highest BCUT2D eigenvalue weighted by atomic mass is 32.1. The Morgan fingerprint density at radius 2 is 1.88 bits per heavy atom. The Kier molecular flexibility index (Phi) is 4.81. The number of nitrogens with zero attached hydrogens (tertiary/aromatic N) is 2. The number of piperidine rings is 1. The maximum Gasteiger partial charge on any atom is 0.263 e. The fourth-order valence-corrected chi connectivity index (χ4v) is 5.04. The van der Waals surface area contributed by atoms with Gasteiger partial charge in [-0.05, 0) is 48.9 Å². The topological polar surface area (TPSA) is 40.6 Å². The normalized spacial score (nSPS) is 20.0. The average Bonchev–Trinajstić information content (AvgIpc) is 3.10. The standard InChI is InChI=1S/C21H24N2O2S/c1-15-6-5-10-22(13-15)21(25)19-12-17-14-23(11-9-18(17)26-19)20(24)16-7-3-2-4-8-16/h2-4,7-8,12,15H,5-6,9-11,13-14H2,1H3/t15-/m0/s1. The van der Waals surface area contributed by atoms with Crippen molar-refractivity contribution < 1.29 is 9.59 Å². The molecule has 0 spiro atoms. The molecular weight excluding hydrogens is 344 g/mol. The van der Waals surface area contributed by atoms with Gasteiger partial charge in [0, 0.05) is 36.6 Å². The maximum absolute atomic E-state index is 12.9. The Morgan fingerprint density at radius 3 is 2.65 bits per heavy atom. The molecule has 1 aromatic heterocycles. The van der Waals surface area contributed by atoms with E-state index in [0.717, 1.165) is 48.5 Å².